The molecule has 1 unspecified atom stereocenters. The lowest BCUT2D eigenvalue weighted by Crippen LogP contribution is -2.54. The van der Waals surface area contributed by atoms with Crippen LogP contribution in [0.25, 0.3) is 16.7 Å². The molecule has 1 atom stereocenters. The largest absolute Gasteiger partial charge is 0.490 e. The predicted molar refractivity (Wildman–Crippen MR) is 230 cm³/mol. The number of hydrogen-bond acceptors (Lipinski definition) is 9. The summed E-state index contributed by atoms with van der Waals surface area (Å²) < 4.78 is 50.6. The van der Waals surface area contributed by atoms with E-state index in [2.05, 4.69) is 29.0 Å². The number of piperidine rings is 2. The van der Waals surface area contributed by atoms with Crippen molar-refractivity contribution >= 4 is 40.3 Å². The van der Waals surface area contributed by atoms with Crippen LogP contribution in [-0.2, 0) is 22.3 Å². The van der Waals surface area contributed by atoms with Crippen LogP contribution >= 0.6 is 0 Å². The Morgan fingerprint density at radius 3 is 2.20 bits per heavy atom. The summed E-state index contributed by atoms with van der Waals surface area (Å²) in [5.41, 5.74) is 1.35. The molecule has 4 aromatic carbocycles. The standard InChI is InChI=1S/C48H46F3N7O6/c1-28(2)55(34-21-36(22-34)64-35-13-14-37-38(24-35)46(62)58(45(37)61)42-15-16-43(59)53-44(42)60)26-30-17-19-54(20-18-30)32-10-7-29(8-11-32)27-56-40-5-3-4-6-41(40)57(47(56)63)33-12-9-31(25-52)39(23-33)48(49,50)51/h3-14,23-24,28,30,34,36,42H,15-22,26-27H2,1-2H3,(H,53,59,60)/t34-,36-,42?. The van der Waals surface area contributed by atoms with Gasteiger partial charge in [0.15, 0.2) is 0 Å². The molecule has 64 heavy (non-hydrogen) atoms. The molecule has 3 fully saturated rings. The quantitative estimate of drug-likeness (QED) is 0.144. The number of aromatic nitrogens is 2. The van der Waals surface area contributed by atoms with Crippen molar-refractivity contribution in [3.63, 3.8) is 0 Å². The first-order chi connectivity index (χ1) is 30.7. The van der Waals surface area contributed by atoms with Crippen molar-refractivity contribution in [1.82, 2.24) is 24.3 Å². The van der Waals surface area contributed by atoms with Crippen molar-refractivity contribution in [2.75, 3.05) is 24.5 Å². The number of fused-ring (bicyclic) bond motifs is 2. The van der Waals surface area contributed by atoms with Gasteiger partial charge < -0.3 is 9.64 Å². The lowest BCUT2D eigenvalue weighted by molar-refractivity contribution is -0.138. The summed E-state index contributed by atoms with van der Waals surface area (Å²) in [4.78, 5) is 70.2. The van der Waals surface area contributed by atoms with Gasteiger partial charge in [0.2, 0.25) is 11.8 Å². The first kappa shape index (κ1) is 42.6. The van der Waals surface area contributed by atoms with Crippen molar-refractivity contribution in [3.05, 3.63) is 123 Å². The summed E-state index contributed by atoms with van der Waals surface area (Å²) in [5.74, 6) is -1.16. The molecule has 3 aliphatic heterocycles. The average Bonchev–Trinajstić information content (AvgIpc) is 3.68. The number of alkyl halides is 3. The number of nitrogens with zero attached hydrogens (tertiary/aromatic N) is 6. The van der Waals surface area contributed by atoms with E-state index in [1.165, 1.54) is 10.6 Å². The second kappa shape index (κ2) is 16.8. The van der Waals surface area contributed by atoms with Gasteiger partial charge in [-0.3, -0.25) is 43.4 Å². The lowest BCUT2D eigenvalue weighted by atomic mass is 9.85. The Balaban J connectivity index is 0.789. The number of ether oxygens (including phenoxy) is 1. The van der Waals surface area contributed by atoms with Gasteiger partial charge in [-0.25, -0.2) is 4.79 Å². The highest BCUT2D eigenvalue weighted by Crippen LogP contribution is 2.37. The maximum absolute atomic E-state index is 13.9. The number of nitrogens with one attached hydrogen (secondary N) is 1. The Morgan fingerprint density at radius 1 is 0.844 bits per heavy atom. The number of imidazole rings is 1. The molecular formula is C48H46F3N7O6. The molecular weight excluding hydrogens is 828 g/mol. The molecule has 1 saturated carbocycles. The highest BCUT2D eigenvalue weighted by atomic mass is 19.4. The lowest BCUT2D eigenvalue weighted by Gasteiger charge is -2.46. The molecule has 0 bridgehead atoms. The molecule has 16 heteroatoms. The molecule has 1 N–H and O–H groups in total. The second-order valence-electron chi connectivity index (χ2n) is 17.4. The van der Waals surface area contributed by atoms with Gasteiger partial charge >= 0.3 is 11.9 Å². The smallest absolute Gasteiger partial charge is 0.417 e. The van der Waals surface area contributed by atoms with E-state index in [1.54, 1.807) is 53.1 Å². The highest BCUT2D eigenvalue weighted by molar-refractivity contribution is 6.23. The van der Waals surface area contributed by atoms with E-state index in [9.17, 15) is 42.4 Å². The Morgan fingerprint density at radius 2 is 1.53 bits per heavy atom. The summed E-state index contributed by atoms with van der Waals surface area (Å²) in [7, 11) is 0. The van der Waals surface area contributed by atoms with E-state index in [0.717, 1.165) is 73.6 Å². The average molecular weight is 874 g/mol. The van der Waals surface area contributed by atoms with Crippen LogP contribution in [0.5, 0.6) is 5.75 Å². The van der Waals surface area contributed by atoms with Crippen LogP contribution in [0.1, 0.15) is 89.8 Å². The molecule has 330 valence electrons. The van der Waals surface area contributed by atoms with E-state index < -0.39 is 52.7 Å². The summed E-state index contributed by atoms with van der Waals surface area (Å²) >= 11 is 0. The molecule has 1 aliphatic carbocycles. The fourth-order valence-corrected chi connectivity index (χ4v) is 9.68. The van der Waals surface area contributed by atoms with Crippen LogP contribution in [0, 0.1) is 17.2 Å². The molecule has 1 aromatic heterocycles. The minimum atomic E-state index is -4.76. The number of halogens is 3. The van der Waals surface area contributed by atoms with Crippen molar-refractivity contribution < 1.29 is 37.1 Å². The molecule has 0 spiro atoms. The van der Waals surface area contributed by atoms with Crippen LogP contribution < -0.4 is 20.6 Å². The van der Waals surface area contributed by atoms with Crippen LogP contribution in [0.3, 0.4) is 0 Å². The Labute approximate surface area is 366 Å². The molecule has 13 nitrogen and oxygen atoms in total. The highest BCUT2D eigenvalue weighted by Gasteiger charge is 2.45. The van der Waals surface area contributed by atoms with Gasteiger partial charge in [0.1, 0.15) is 17.9 Å². The number of para-hydroxylation sites is 2. The Bertz CT molecular complexity index is 2780. The third-order valence-electron chi connectivity index (χ3n) is 13.2. The van der Waals surface area contributed by atoms with Crippen molar-refractivity contribution in [2.45, 2.75) is 89.3 Å². The fourth-order valence-electron chi connectivity index (χ4n) is 9.68. The van der Waals surface area contributed by atoms with E-state index >= 15 is 0 Å². The van der Waals surface area contributed by atoms with Gasteiger partial charge in [-0.2, -0.15) is 18.4 Å². The van der Waals surface area contributed by atoms with Crippen LogP contribution in [-0.4, -0.2) is 86.4 Å². The van der Waals surface area contributed by atoms with E-state index in [0.29, 0.717) is 34.8 Å². The molecule has 0 radical (unpaired) electrons. The third-order valence-corrected chi connectivity index (χ3v) is 13.2. The second-order valence-corrected chi connectivity index (χ2v) is 17.4. The predicted octanol–water partition coefficient (Wildman–Crippen LogP) is 6.67. The zero-order chi connectivity index (χ0) is 45.0. The van der Waals surface area contributed by atoms with Crippen molar-refractivity contribution in [3.8, 4) is 17.5 Å². The summed E-state index contributed by atoms with van der Waals surface area (Å²) in [6, 6.07) is 24.4. The number of carbonyl (C=O) groups is 4. The zero-order valence-corrected chi connectivity index (χ0v) is 35.3. The molecule has 5 aromatic rings. The first-order valence-corrected chi connectivity index (χ1v) is 21.6. The number of benzene rings is 4. The van der Waals surface area contributed by atoms with Crippen LogP contribution in [0.15, 0.2) is 89.7 Å². The van der Waals surface area contributed by atoms with Crippen molar-refractivity contribution in [2.24, 2.45) is 5.92 Å². The maximum Gasteiger partial charge on any atom is 0.417 e. The summed E-state index contributed by atoms with van der Waals surface area (Å²) in [6.45, 7) is 7.40. The number of amides is 4. The summed E-state index contributed by atoms with van der Waals surface area (Å²) in [5, 5.41) is 11.5. The number of carbonyl (C=O) groups excluding carboxylic acids is 4. The fraction of sp³-hybridized carbons (Fsp3) is 0.375. The summed E-state index contributed by atoms with van der Waals surface area (Å²) in [6.07, 6.45) is -0.941. The Kier molecular flexibility index (Phi) is 11.1. The number of imide groups is 2. The molecule has 2 saturated heterocycles. The maximum atomic E-state index is 13.9. The topological polar surface area (TPSA) is 150 Å². The van der Waals surface area contributed by atoms with E-state index in [1.807, 2.05) is 24.3 Å². The van der Waals surface area contributed by atoms with Crippen molar-refractivity contribution in [1.29, 1.82) is 5.26 Å². The normalized spacial score (nSPS) is 20.5. The third kappa shape index (κ3) is 7.93. The first-order valence-electron chi connectivity index (χ1n) is 21.6. The van der Waals surface area contributed by atoms with Gasteiger partial charge in [-0.1, -0.05) is 24.3 Å². The number of rotatable bonds is 11. The minimum absolute atomic E-state index is 0.0298. The van der Waals surface area contributed by atoms with Gasteiger partial charge in [-0.05, 0) is 105 Å². The van der Waals surface area contributed by atoms with Crippen LogP contribution in [0.4, 0.5) is 18.9 Å². The SMILES string of the molecule is CC(C)N(CC1CCN(c2ccc(Cn3c(=O)n(-c4ccc(C#N)c(C(F)(F)F)c4)c4ccccc43)cc2)CC1)[C@H]1C[C@H](Oc2ccc3c(c2)C(=O)N(C2CCC(=O)NC2=O)C3=O)C1. The minimum Gasteiger partial charge on any atom is -0.490 e. The Hall–Kier alpha value is -6.73. The molecule has 4 aliphatic rings. The zero-order valence-electron chi connectivity index (χ0n) is 35.3. The molecule has 4 heterocycles. The number of nitriles is 1. The van der Waals surface area contributed by atoms with Gasteiger partial charge in [-0.15, -0.1) is 0 Å². The van der Waals surface area contributed by atoms with Gasteiger partial charge in [0, 0.05) is 56.7 Å². The van der Waals surface area contributed by atoms with Gasteiger partial charge in [0.25, 0.3) is 11.8 Å². The number of hydrogen-bond donors (Lipinski definition) is 1. The molecule has 4 amide bonds. The monoisotopic (exact) mass is 873 g/mol. The van der Waals surface area contributed by atoms with E-state index in [-0.39, 0.29) is 42.3 Å². The number of anilines is 1. The van der Waals surface area contributed by atoms with Crippen LogP contribution in [0.2, 0.25) is 0 Å². The molecule has 9 rings (SSSR count). The van der Waals surface area contributed by atoms with E-state index in [4.69, 9.17) is 4.74 Å². The van der Waals surface area contributed by atoms with Gasteiger partial charge in [0.05, 0.1) is 51.6 Å².